The van der Waals surface area contributed by atoms with E-state index in [0.29, 0.717) is 42.6 Å². The van der Waals surface area contributed by atoms with E-state index in [-0.39, 0.29) is 23.3 Å². The summed E-state index contributed by atoms with van der Waals surface area (Å²) in [7, 11) is 0. The Hall–Kier alpha value is -3.69. The van der Waals surface area contributed by atoms with Crippen LogP contribution in [0.2, 0.25) is 0 Å². The molecular formula is C24H22F4N4O2. The van der Waals surface area contributed by atoms with Crippen molar-refractivity contribution in [3.8, 4) is 11.6 Å². The van der Waals surface area contributed by atoms with E-state index in [1.54, 1.807) is 17.9 Å². The third kappa shape index (κ3) is 5.11. The van der Waals surface area contributed by atoms with Gasteiger partial charge in [0.15, 0.2) is 0 Å². The SMILES string of the molecule is Cc1cc(F)ccc1Oc1cc(N2CCN(C(=O)c3ccc(C(F)(F)F)cc3)C(C)C2)ncn1. The fourth-order valence-electron chi connectivity index (χ4n) is 3.83. The van der Waals surface area contributed by atoms with Gasteiger partial charge in [-0.1, -0.05) is 0 Å². The van der Waals surface area contributed by atoms with Gasteiger partial charge >= 0.3 is 6.18 Å². The Morgan fingerprint density at radius 2 is 1.79 bits per heavy atom. The monoisotopic (exact) mass is 474 g/mol. The second-order valence-electron chi connectivity index (χ2n) is 8.10. The molecule has 1 amide bonds. The van der Waals surface area contributed by atoms with Crippen LogP contribution in [-0.4, -0.2) is 46.5 Å². The quantitative estimate of drug-likeness (QED) is 0.494. The van der Waals surface area contributed by atoms with Crippen LogP contribution in [0.1, 0.15) is 28.4 Å². The molecule has 1 unspecified atom stereocenters. The zero-order valence-corrected chi connectivity index (χ0v) is 18.5. The van der Waals surface area contributed by atoms with Crippen molar-refractivity contribution >= 4 is 11.7 Å². The second kappa shape index (κ2) is 9.28. The minimum atomic E-state index is -4.45. The summed E-state index contributed by atoms with van der Waals surface area (Å²) in [5, 5.41) is 0. The number of aryl methyl sites for hydroxylation is 1. The number of halogens is 4. The molecular weight excluding hydrogens is 452 g/mol. The maximum atomic E-state index is 13.3. The topological polar surface area (TPSA) is 58.6 Å². The fourth-order valence-corrected chi connectivity index (χ4v) is 3.83. The van der Waals surface area contributed by atoms with Crippen LogP contribution in [0.25, 0.3) is 0 Å². The highest BCUT2D eigenvalue weighted by molar-refractivity contribution is 5.94. The van der Waals surface area contributed by atoms with Crippen LogP contribution in [0.5, 0.6) is 11.6 Å². The number of piperazine rings is 1. The maximum absolute atomic E-state index is 13.3. The summed E-state index contributed by atoms with van der Waals surface area (Å²) in [6.07, 6.45) is -3.08. The van der Waals surface area contributed by atoms with E-state index >= 15 is 0 Å². The Morgan fingerprint density at radius 1 is 1.06 bits per heavy atom. The third-order valence-corrected chi connectivity index (χ3v) is 5.65. The van der Waals surface area contributed by atoms with Crippen LogP contribution in [0.3, 0.4) is 0 Å². The van der Waals surface area contributed by atoms with Crippen molar-refractivity contribution in [2.75, 3.05) is 24.5 Å². The molecule has 178 valence electrons. The molecule has 0 spiro atoms. The fraction of sp³-hybridized carbons (Fsp3) is 0.292. The van der Waals surface area contributed by atoms with Gasteiger partial charge in [-0.15, -0.1) is 0 Å². The van der Waals surface area contributed by atoms with Gasteiger partial charge in [0.05, 0.1) is 5.56 Å². The number of ether oxygens (including phenoxy) is 1. The number of carbonyl (C=O) groups excluding carboxylic acids is 1. The van der Waals surface area contributed by atoms with Crippen molar-refractivity contribution in [1.29, 1.82) is 0 Å². The number of anilines is 1. The minimum absolute atomic E-state index is 0.206. The van der Waals surface area contributed by atoms with Gasteiger partial charge in [-0.25, -0.2) is 14.4 Å². The first-order valence-electron chi connectivity index (χ1n) is 10.6. The summed E-state index contributed by atoms with van der Waals surface area (Å²) in [4.78, 5) is 24.9. The molecule has 6 nitrogen and oxygen atoms in total. The van der Waals surface area contributed by atoms with Crippen molar-refractivity contribution in [3.63, 3.8) is 0 Å². The maximum Gasteiger partial charge on any atom is 0.416 e. The van der Waals surface area contributed by atoms with E-state index in [0.717, 1.165) is 12.1 Å². The summed E-state index contributed by atoms with van der Waals surface area (Å²) in [6.45, 7) is 4.92. The first-order chi connectivity index (χ1) is 16.1. The molecule has 1 fully saturated rings. The largest absolute Gasteiger partial charge is 0.439 e. The smallest absolute Gasteiger partial charge is 0.416 e. The van der Waals surface area contributed by atoms with Crippen LogP contribution in [0, 0.1) is 12.7 Å². The summed E-state index contributed by atoms with van der Waals surface area (Å²) in [5.74, 6) is 0.713. The molecule has 34 heavy (non-hydrogen) atoms. The predicted octanol–water partition coefficient (Wildman–Crippen LogP) is 5.09. The molecule has 1 aliphatic heterocycles. The summed E-state index contributed by atoms with van der Waals surface area (Å²) in [6, 6.07) is 9.90. The lowest BCUT2D eigenvalue weighted by molar-refractivity contribution is -0.137. The lowest BCUT2D eigenvalue weighted by Gasteiger charge is -2.40. The van der Waals surface area contributed by atoms with Gasteiger partial charge in [0.1, 0.15) is 23.7 Å². The summed E-state index contributed by atoms with van der Waals surface area (Å²) >= 11 is 0. The Bertz CT molecular complexity index is 1180. The van der Waals surface area contributed by atoms with E-state index in [1.807, 2.05) is 11.8 Å². The van der Waals surface area contributed by atoms with Gasteiger partial charge in [0, 0.05) is 37.3 Å². The predicted molar refractivity (Wildman–Crippen MR) is 117 cm³/mol. The average molecular weight is 474 g/mol. The van der Waals surface area contributed by atoms with Crippen LogP contribution < -0.4 is 9.64 Å². The number of alkyl halides is 3. The Balaban J connectivity index is 1.43. The molecule has 2 heterocycles. The van der Waals surface area contributed by atoms with E-state index in [9.17, 15) is 22.4 Å². The van der Waals surface area contributed by atoms with E-state index in [2.05, 4.69) is 9.97 Å². The molecule has 0 aliphatic carbocycles. The first kappa shape index (κ1) is 23.5. The van der Waals surface area contributed by atoms with Crippen LogP contribution in [-0.2, 0) is 6.18 Å². The standard InChI is InChI=1S/C24H22F4N4O2/c1-15-11-19(25)7-8-20(15)34-22-12-21(29-14-30-22)31-9-10-32(16(2)13-31)23(33)17-3-5-18(6-4-17)24(26,27)28/h3-8,11-12,14,16H,9-10,13H2,1-2H3. The van der Waals surface area contributed by atoms with Crippen LogP contribution in [0.4, 0.5) is 23.4 Å². The van der Waals surface area contributed by atoms with Crippen molar-refractivity contribution in [2.24, 2.45) is 0 Å². The molecule has 0 radical (unpaired) electrons. The molecule has 0 saturated carbocycles. The van der Waals surface area contributed by atoms with E-state index in [4.69, 9.17) is 4.74 Å². The molecule has 3 aromatic rings. The molecule has 1 aliphatic rings. The number of hydrogen-bond donors (Lipinski definition) is 0. The second-order valence-corrected chi connectivity index (χ2v) is 8.10. The van der Waals surface area contributed by atoms with Gasteiger partial charge < -0.3 is 14.5 Å². The number of amides is 1. The molecule has 10 heteroatoms. The number of benzene rings is 2. The van der Waals surface area contributed by atoms with Gasteiger partial charge in [-0.3, -0.25) is 4.79 Å². The Labute approximate surface area is 193 Å². The molecule has 0 bridgehead atoms. The Morgan fingerprint density at radius 3 is 2.44 bits per heavy atom. The first-order valence-corrected chi connectivity index (χ1v) is 10.6. The molecule has 0 N–H and O–H groups in total. The normalized spacial score (nSPS) is 16.5. The summed E-state index contributed by atoms with van der Waals surface area (Å²) in [5.41, 5.74) is 0.0457. The number of aromatic nitrogens is 2. The highest BCUT2D eigenvalue weighted by Gasteiger charge is 2.32. The molecule has 4 rings (SSSR count). The van der Waals surface area contributed by atoms with Crippen molar-refractivity contribution < 1.29 is 27.1 Å². The average Bonchev–Trinajstić information content (AvgIpc) is 2.80. The zero-order chi connectivity index (χ0) is 24.5. The van der Waals surface area contributed by atoms with E-state index < -0.39 is 11.7 Å². The van der Waals surface area contributed by atoms with Crippen molar-refractivity contribution in [3.05, 3.63) is 77.4 Å². The van der Waals surface area contributed by atoms with Gasteiger partial charge in [-0.05, 0) is 61.9 Å². The number of nitrogens with zero attached hydrogens (tertiary/aromatic N) is 4. The highest BCUT2D eigenvalue weighted by atomic mass is 19.4. The molecule has 1 saturated heterocycles. The zero-order valence-electron chi connectivity index (χ0n) is 18.5. The lowest BCUT2D eigenvalue weighted by Crippen LogP contribution is -2.54. The van der Waals surface area contributed by atoms with Crippen molar-refractivity contribution in [1.82, 2.24) is 14.9 Å². The van der Waals surface area contributed by atoms with Crippen molar-refractivity contribution in [2.45, 2.75) is 26.1 Å². The molecule has 2 aromatic carbocycles. The number of carbonyl (C=O) groups is 1. The van der Waals surface area contributed by atoms with E-state index in [1.165, 1.54) is 36.7 Å². The van der Waals surface area contributed by atoms with Crippen LogP contribution in [0.15, 0.2) is 54.9 Å². The van der Waals surface area contributed by atoms with Gasteiger partial charge in [-0.2, -0.15) is 13.2 Å². The lowest BCUT2D eigenvalue weighted by atomic mass is 10.1. The Kier molecular flexibility index (Phi) is 6.41. The number of rotatable bonds is 4. The highest BCUT2D eigenvalue weighted by Crippen LogP contribution is 2.30. The summed E-state index contributed by atoms with van der Waals surface area (Å²) < 4.78 is 57.5. The number of hydrogen-bond acceptors (Lipinski definition) is 5. The molecule has 1 aromatic heterocycles. The minimum Gasteiger partial charge on any atom is -0.439 e. The van der Waals surface area contributed by atoms with Gasteiger partial charge in [0.25, 0.3) is 5.91 Å². The van der Waals surface area contributed by atoms with Gasteiger partial charge in [0.2, 0.25) is 5.88 Å². The van der Waals surface area contributed by atoms with Crippen LogP contribution >= 0.6 is 0 Å². The third-order valence-electron chi connectivity index (χ3n) is 5.65. The molecule has 1 atom stereocenters.